The van der Waals surface area contributed by atoms with Crippen LogP contribution in [0, 0.1) is 0 Å². The molecule has 0 saturated heterocycles. The van der Waals surface area contributed by atoms with Crippen LogP contribution in [0.3, 0.4) is 0 Å². The lowest BCUT2D eigenvalue weighted by molar-refractivity contribution is 0.685. The first-order valence-corrected chi connectivity index (χ1v) is 7.49. The lowest BCUT2D eigenvalue weighted by Crippen LogP contribution is -2.18. The average molecular weight is 293 g/mol. The van der Waals surface area contributed by atoms with Crippen molar-refractivity contribution in [1.82, 2.24) is 14.3 Å². The minimum atomic E-state index is 0.0233. The summed E-state index contributed by atoms with van der Waals surface area (Å²) in [4.78, 5) is 11.7. The summed E-state index contributed by atoms with van der Waals surface area (Å²) in [5, 5.41) is 4.36. The van der Waals surface area contributed by atoms with Crippen molar-refractivity contribution in [3.8, 4) is 0 Å². The lowest BCUT2D eigenvalue weighted by Gasteiger charge is -2.07. The number of pyridine rings is 1. The number of rotatable bonds is 5. The molecule has 0 aliphatic rings. The van der Waals surface area contributed by atoms with Gasteiger partial charge in [0.1, 0.15) is 0 Å². The van der Waals surface area contributed by atoms with Crippen LogP contribution in [0.5, 0.6) is 0 Å². The van der Waals surface area contributed by atoms with Crippen LogP contribution >= 0.6 is 0 Å². The van der Waals surface area contributed by atoms with E-state index in [9.17, 15) is 4.79 Å². The summed E-state index contributed by atoms with van der Waals surface area (Å²) in [6, 6.07) is 13.5. The maximum Gasteiger partial charge on any atom is 0.250 e. The van der Waals surface area contributed by atoms with Gasteiger partial charge in [0.15, 0.2) is 0 Å². The Morgan fingerprint density at radius 3 is 2.32 bits per heavy atom. The number of hydrogen-bond donors (Lipinski definition) is 0. The van der Waals surface area contributed by atoms with Gasteiger partial charge in [-0.15, -0.1) is 0 Å². The molecular formula is C18H19N3O. The Kier molecular flexibility index (Phi) is 4.19. The van der Waals surface area contributed by atoms with E-state index < -0.39 is 0 Å². The zero-order valence-corrected chi connectivity index (χ0v) is 12.6. The zero-order chi connectivity index (χ0) is 15.4. The molecule has 0 unspecified atom stereocenters. The van der Waals surface area contributed by atoms with Gasteiger partial charge in [0.2, 0.25) is 0 Å². The highest BCUT2D eigenvalue weighted by Crippen LogP contribution is 2.08. The minimum Gasteiger partial charge on any atom is -0.311 e. The second-order valence-corrected chi connectivity index (χ2v) is 5.38. The first-order valence-electron chi connectivity index (χ1n) is 7.49. The van der Waals surface area contributed by atoms with Crippen LogP contribution < -0.4 is 5.56 Å². The van der Waals surface area contributed by atoms with Crippen molar-refractivity contribution in [2.75, 3.05) is 0 Å². The molecule has 3 aromatic rings. The predicted octanol–water partition coefficient (Wildman–Crippen LogP) is 2.70. The van der Waals surface area contributed by atoms with E-state index in [-0.39, 0.29) is 5.56 Å². The van der Waals surface area contributed by atoms with E-state index in [0.29, 0.717) is 6.54 Å². The van der Waals surface area contributed by atoms with Gasteiger partial charge < -0.3 is 4.57 Å². The maximum atomic E-state index is 11.7. The third kappa shape index (κ3) is 3.34. The van der Waals surface area contributed by atoms with Crippen molar-refractivity contribution in [1.29, 1.82) is 0 Å². The van der Waals surface area contributed by atoms with Gasteiger partial charge in [-0.05, 0) is 29.2 Å². The summed E-state index contributed by atoms with van der Waals surface area (Å²) in [5.74, 6) is 0. The SMILES string of the molecule is CCc1cnn(Cc2ccc(Cn3ccccc3=O)cc2)c1. The molecule has 4 nitrogen and oxygen atoms in total. The molecule has 0 bridgehead atoms. The van der Waals surface area contributed by atoms with Crippen LogP contribution in [-0.4, -0.2) is 14.3 Å². The monoisotopic (exact) mass is 293 g/mol. The summed E-state index contributed by atoms with van der Waals surface area (Å²) >= 11 is 0. The molecule has 0 fully saturated rings. The number of benzene rings is 1. The van der Waals surface area contributed by atoms with Gasteiger partial charge in [-0.2, -0.15) is 5.10 Å². The Balaban J connectivity index is 1.70. The zero-order valence-electron chi connectivity index (χ0n) is 12.6. The van der Waals surface area contributed by atoms with E-state index in [0.717, 1.165) is 18.5 Å². The molecule has 22 heavy (non-hydrogen) atoms. The van der Waals surface area contributed by atoms with Crippen LogP contribution in [0.1, 0.15) is 23.6 Å². The molecule has 0 amide bonds. The van der Waals surface area contributed by atoms with Crippen LogP contribution in [0.4, 0.5) is 0 Å². The van der Waals surface area contributed by atoms with Crippen LogP contribution in [0.25, 0.3) is 0 Å². The van der Waals surface area contributed by atoms with Crippen molar-refractivity contribution < 1.29 is 0 Å². The number of aromatic nitrogens is 3. The second kappa shape index (κ2) is 6.43. The summed E-state index contributed by atoms with van der Waals surface area (Å²) in [7, 11) is 0. The van der Waals surface area contributed by atoms with Crippen molar-refractivity contribution in [3.05, 3.63) is 88.1 Å². The average Bonchev–Trinajstić information content (AvgIpc) is 2.99. The first kappa shape index (κ1) is 14.3. The summed E-state index contributed by atoms with van der Waals surface area (Å²) < 4.78 is 3.66. The molecule has 0 aliphatic heterocycles. The van der Waals surface area contributed by atoms with Gasteiger partial charge in [-0.25, -0.2) is 0 Å². The van der Waals surface area contributed by atoms with Gasteiger partial charge in [-0.3, -0.25) is 9.48 Å². The fraction of sp³-hybridized carbons (Fsp3) is 0.222. The highest BCUT2D eigenvalue weighted by molar-refractivity contribution is 5.23. The number of nitrogens with zero attached hydrogens (tertiary/aromatic N) is 3. The van der Waals surface area contributed by atoms with Gasteiger partial charge in [0.05, 0.1) is 19.3 Å². The fourth-order valence-corrected chi connectivity index (χ4v) is 2.40. The Hall–Kier alpha value is -2.62. The van der Waals surface area contributed by atoms with E-state index >= 15 is 0 Å². The predicted molar refractivity (Wildman–Crippen MR) is 87.0 cm³/mol. The molecule has 0 N–H and O–H groups in total. The topological polar surface area (TPSA) is 39.8 Å². The molecule has 4 heteroatoms. The van der Waals surface area contributed by atoms with Crippen molar-refractivity contribution >= 4 is 0 Å². The van der Waals surface area contributed by atoms with E-state index in [1.165, 1.54) is 11.1 Å². The smallest absolute Gasteiger partial charge is 0.250 e. The van der Waals surface area contributed by atoms with E-state index in [1.54, 1.807) is 16.7 Å². The van der Waals surface area contributed by atoms with Gasteiger partial charge in [0.25, 0.3) is 5.56 Å². The quantitative estimate of drug-likeness (QED) is 0.725. The number of aryl methyl sites for hydroxylation is 1. The van der Waals surface area contributed by atoms with Crippen LogP contribution in [0.15, 0.2) is 65.8 Å². The van der Waals surface area contributed by atoms with Crippen molar-refractivity contribution in [2.24, 2.45) is 0 Å². The minimum absolute atomic E-state index is 0.0233. The Morgan fingerprint density at radius 1 is 0.955 bits per heavy atom. The van der Waals surface area contributed by atoms with E-state index in [4.69, 9.17) is 0 Å². The molecule has 2 aromatic heterocycles. The molecule has 0 spiro atoms. The second-order valence-electron chi connectivity index (χ2n) is 5.38. The Bertz CT molecular complexity index is 799. The Labute approximate surface area is 129 Å². The molecular weight excluding hydrogens is 274 g/mol. The molecule has 2 heterocycles. The number of hydrogen-bond acceptors (Lipinski definition) is 2. The molecule has 3 rings (SSSR count). The normalized spacial score (nSPS) is 10.8. The Morgan fingerprint density at radius 2 is 1.68 bits per heavy atom. The molecule has 1 aromatic carbocycles. The van der Waals surface area contributed by atoms with E-state index in [1.807, 2.05) is 23.1 Å². The largest absolute Gasteiger partial charge is 0.311 e. The summed E-state index contributed by atoms with van der Waals surface area (Å²) in [5.41, 5.74) is 3.59. The summed E-state index contributed by atoms with van der Waals surface area (Å²) in [6.45, 7) is 3.49. The summed E-state index contributed by atoms with van der Waals surface area (Å²) in [6.07, 6.45) is 6.81. The third-order valence-electron chi connectivity index (χ3n) is 3.71. The van der Waals surface area contributed by atoms with Crippen molar-refractivity contribution in [2.45, 2.75) is 26.4 Å². The van der Waals surface area contributed by atoms with E-state index in [2.05, 4.69) is 42.5 Å². The van der Waals surface area contributed by atoms with Crippen LogP contribution in [0.2, 0.25) is 0 Å². The highest BCUT2D eigenvalue weighted by atomic mass is 16.1. The fourth-order valence-electron chi connectivity index (χ4n) is 2.40. The maximum absolute atomic E-state index is 11.7. The van der Waals surface area contributed by atoms with Crippen molar-refractivity contribution in [3.63, 3.8) is 0 Å². The first-order chi connectivity index (χ1) is 10.7. The molecule has 112 valence electrons. The standard InChI is InChI=1S/C18H19N3O/c1-2-15-11-19-21(13-15)14-17-8-6-16(7-9-17)12-20-10-4-3-5-18(20)22/h3-11,13H,2,12,14H2,1H3. The third-order valence-corrected chi connectivity index (χ3v) is 3.71. The van der Waals surface area contributed by atoms with Gasteiger partial charge in [0, 0.05) is 18.5 Å². The molecule has 0 saturated carbocycles. The molecule has 0 radical (unpaired) electrons. The van der Waals surface area contributed by atoms with Crippen LogP contribution in [-0.2, 0) is 19.5 Å². The molecule has 0 aliphatic carbocycles. The van der Waals surface area contributed by atoms with Gasteiger partial charge >= 0.3 is 0 Å². The van der Waals surface area contributed by atoms with Gasteiger partial charge in [-0.1, -0.05) is 37.3 Å². The highest BCUT2D eigenvalue weighted by Gasteiger charge is 2.00. The molecule has 0 atom stereocenters. The lowest BCUT2D eigenvalue weighted by atomic mass is 10.1.